The van der Waals surface area contributed by atoms with Gasteiger partial charge in [-0.2, -0.15) is 0 Å². The number of rotatable bonds is 4. The van der Waals surface area contributed by atoms with E-state index in [0.29, 0.717) is 6.42 Å². The Kier molecular flexibility index (Phi) is 4.82. The number of hydrogen-bond acceptors (Lipinski definition) is 3. The van der Waals surface area contributed by atoms with E-state index in [4.69, 9.17) is 10.5 Å². The van der Waals surface area contributed by atoms with Gasteiger partial charge in [-0.15, -0.1) is 0 Å². The van der Waals surface area contributed by atoms with E-state index in [-0.39, 0.29) is 16.8 Å². The zero-order valence-corrected chi connectivity index (χ0v) is 13.6. The summed E-state index contributed by atoms with van der Waals surface area (Å²) in [6.07, 6.45) is 0.507. The van der Waals surface area contributed by atoms with Gasteiger partial charge in [0.15, 0.2) is 0 Å². The lowest BCUT2D eigenvalue weighted by atomic mass is 9.71. The summed E-state index contributed by atoms with van der Waals surface area (Å²) >= 11 is 0. The molecule has 3 heteroatoms. The molecule has 0 rings (SSSR count). The standard InChI is InChI=1S/C15H31NO2/c1-12(2,3)11(17)14(7,8)10-15(9,16)18-13(4,5)6/h10,16H2,1-9H3. The van der Waals surface area contributed by atoms with Crippen molar-refractivity contribution in [3.05, 3.63) is 0 Å². The molecule has 0 radical (unpaired) electrons. The van der Waals surface area contributed by atoms with Gasteiger partial charge in [0.1, 0.15) is 11.5 Å². The molecular formula is C15H31NO2. The van der Waals surface area contributed by atoms with Crippen molar-refractivity contribution in [3.63, 3.8) is 0 Å². The zero-order valence-electron chi connectivity index (χ0n) is 13.6. The Labute approximate surface area is 112 Å². The van der Waals surface area contributed by atoms with Gasteiger partial charge >= 0.3 is 0 Å². The highest BCUT2D eigenvalue weighted by molar-refractivity contribution is 5.88. The van der Waals surface area contributed by atoms with Crippen molar-refractivity contribution >= 4 is 5.78 Å². The van der Waals surface area contributed by atoms with Crippen LogP contribution in [0.25, 0.3) is 0 Å². The van der Waals surface area contributed by atoms with Gasteiger partial charge < -0.3 is 10.5 Å². The third-order valence-electron chi connectivity index (χ3n) is 2.63. The van der Waals surface area contributed by atoms with Gasteiger partial charge in [0.25, 0.3) is 0 Å². The summed E-state index contributed by atoms with van der Waals surface area (Å²) < 4.78 is 5.85. The molecule has 18 heavy (non-hydrogen) atoms. The highest BCUT2D eigenvalue weighted by atomic mass is 16.5. The lowest BCUT2D eigenvalue weighted by molar-refractivity contribution is -0.153. The van der Waals surface area contributed by atoms with E-state index >= 15 is 0 Å². The molecule has 0 heterocycles. The fourth-order valence-electron chi connectivity index (χ4n) is 2.71. The molecule has 108 valence electrons. The first-order valence-electron chi connectivity index (χ1n) is 6.61. The van der Waals surface area contributed by atoms with Crippen LogP contribution in [0.5, 0.6) is 0 Å². The Morgan fingerprint density at radius 2 is 1.33 bits per heavy atom. The minimum Gasteiger partial charge on any atom is -0.356 e. The van der Waals surface area contributed by atoms with Crippen molar-refractivity contribution in [2.75, 3.05) is 0 Å². The van der Waals surface area contributed by atoms with E-state index < -0.39 is 11.1 Å². The summed E-state index contributed by atoms with van der Waals surface area (Å²) in [5, 5.41) is 0. The Bertz CT molecular complexity index is 303. The second-order valence-corrected chi connectivity index (χ2v) is 8.17. The summed E-state index contributed by atoms with van der Waals surface area (Å²) in [6.45, 7) is 17.5. The second kappa shape index (κ2) is 4.93. The topological polar surface area (TPSA) is 52.3 Å². The van der Waals surface area contributed by atoms with Crippen molar-refractivity contribution in [1.29, 1.82) is 0 Å². The molecule has 0 saturated carbocycles. The average Bonchev–Trinajstić information content (AvgIpc) is 1.93. The van der Waals surface area contributed by atoms with Crippen molar-refractivity contribution in [3.8, 4) is 0 Å². The minimum atomic E-state index is -0.803. The quantitative estimate of drug-likeness (QED) is 0.784. The molecule has 0 spiro atoms. The number of Topliss-reactive ketones (excluding diaryl/α,β-unsaturated/α-hetero) is 1. The van der Waals surface area contributed by atoms with Crippen LogP contribution in [0.15, 0.2) is 0 Å². The monoisotopic (exact) mass is 257 g/mol. The maximum atomic E-state index is 12.4. The van der Waals surface area contributed by atoms with E-state index in [9.17, 15) is 4.79 Å². The van der Waals surface area contributed by atoms with Crippen LogP contribution in [-0.4, -0.2) is 17.1 Å². The van der Waals surface area contributed by atoms with Crippen LogP contribution < -0.4 is 5.73 Å². The normalized spacial score (nSPS) is 17.4. The lowest BCUT2D eigenvalue weighted by Gasteiger charge is -2.40. The highest BCUT2D eigenvalue weighted by Crippen LogP contribution is 2.36. The fraction of sp³-hybridized carbons (Fsp3) is 0.933. The number of nitrogens with two attached hydrogens (primary N) is 1. The van der Waals surface area contributed by atoms with E-state index in [0.717, 1.165) is 0 Å². The highest BCUT2D eigenvalue weighted by Gasteiger charge is 2.41. The SMILES string of the molecule is CC(C)(C)OC(C)(N)CC(C)(C)C(=O)C(C)(C)C. The number of ether oxygens (including phenoxy) is 1. The molecule has 1 atom stereocenters. The van der Waals surface area contributed by atoms with Crippen molar-refractivity contribution < 1.29 is 9.53 Å². The molecule has 3 nitrogen and oxygen atoms in total. The predicted molar refractivity (Wildman–Crippen MR) is 76.3 cm³/mol. The zero-order chi connectivity index (χ0) is 15.0. The summed E-state index contributed by atoms with van der Waals surface area (Å²) in [5.74, 6) is 0.212. The first kappa shape index (κ1) is 17.6. The minimum absolute atomic E-state index is 0.212. The molecule has 0 aliphatic carbocycles. The van der Waals surface area contributed by atoms with Crippen LogP contribution in [0.2, 0.25) is 0 Å². The van der Waals surface area contributed by atoms with Crippen LogP contribution in [0.4, 0.5) is 0 Å². The van der Waals surface area contributed by atoms with Crippen LogP contribution in [-0.2, 0) is 9.53 Å². The maximum absolute atomic E-state index is 12.4. The van der Waals surface area contributed by atoms with Gasteiger partial charge in [-0.3, -0.25) is 4.79 Å². The number of carbonyl (C=O) groups excluding carboxylic acids is 1. The Hall–Kier alpha value is -0.410. The van der Waals surface area contributed by atoms with Crippen LogP contribution in [0, 0.1) is 10.8 Å². The summed E-state index contributed by atoms with van der Waals surface area (Å²) in [4.78, 5) is 12.4. The van der Waals surface area contributed by atoms with Crippen molar-refractivity contribution in [1.82, 2.24) is 0 Å². The average molecular weight is 257 g/mol. The van der Waals surface area contributed by atoms with Gasteiger partial charge in [-0.1, -0.05) is 34.6 Å². The molecule has 0 amide bonds. The summed E-state index contributed by atoms with van der Waals surface area (Å²) in [6, 6.07) is 0. The van der Waals surface area contributed by atoms with E-state index in [2.05, 4.69) is 0 Å². The summed E-state index contributed by atoms with van der Waals surface area (Å²) in [7, 11) is 0. The van der Waals surface area contributed by atoms with Crippen LogP contribution >= 0.6 is 0 Å². The molecule has 0 saturated heterocycles. The number of carbonyl (C=O) groups is 1. The van der Waals surface area contributed by atoms with E-state index in [1.165, 1.54) is 0 Å². The molecule has 0 aromatic rings. The summed E-state index contributed by atoms with van der Waals surface area (Å²) in [5.41, 5.74) is 4.22. The predicted octanol–water partition coefficient (Wildman–Crippen LogP) is 3.51. The second-order valence-electron chi connectivity index (χ2n) is 8.17. The van der Waals surface area contributed by atoms with E-state index in [1.54, 1.807) is 0 Å². The van der Waals surface area contributed by atoms with Gasteiger partial charge in [-0.05, 0) is 27.7 Å². The first-order chi connectivity index (χ1) is 7.57. The van der Waals surface area contributed by atoms with Gasteiger partial charge in [0.2, 0.25) is 0 Å². The molecule has 0 aromatic heterocycles. The Morgan fingerprint density at radius 3 is 1.61 bits per heavy atom. The number of hydrogen-bond donors (Lipinski definition) is 1. The Morgan fingerprint density at radius 1 is 0.944 bits per heavy atom. The van der Waals surface area contributed by atoms with E-state index in [1.807, 2.05) is 62.3 Å². The molecule has 0 aromatic carbocycles. The molecule has 0 aliphatic rings. The van der Waals surface area contributed by atoms with Crippen LogP contribution in [0.3, 0.4) is 0 Å². The smallest absolute Gasteiger partial charge is 0.143 e. The van der Waals surface area contributed by atoms with Crippen molar-refractivity contribution in [2.24, 2.45) is 16.6 Å². The third-order valence-corrected chi connectivity index (χ3v) is 2.63. The molecule has 1 unspecified atom stereocenters. The molecule has 2 N–H and O–H groups in total. The largest absolute Gasteiger partial charge is 0.356 e. The van der Waals surface area contributed by atoms with Gasteiger partial charge in [0, 0.05) is 17.3 Å². The third kappa shape index (κ3) is 5.96. The maximum Gasteiger partial charge on any atom is 0.143 e. The lowest BCUT2D eigenvalue weighted by Crippen LogP contribution is -2.50. The molecule has 0 bridgehead atoms. The number of ketones is 1. The molecule has 0 fully saturated rings. The van der Waals surface area contributed by atoms with Gasteiger partial charge in [-0.25, -0.2) is 0 Å². The Balaban J connectivity index is 4.92. The fourth-order valence-corrected chi connectivity index (χ4v) is 2.71. The first-order valence-corrected chi connectivity index (χ1v) is 6.61. The van der Waals surface area contributed by atoms with Gasteiger partial charge in [0.05, 0.1) is 5.60 Å². The van der Waals surface area contributed by atoms with Crippen LogP contribution in [0.1, 0.15) is 68.7 Å². The van der Waals surface area contributed by atoms with Crippen molar-refractivity contribution in [2.45, 2.75) is 80.1 Å². The molecule has 0 aliphatic heterocycles. The molecular weight excluding hydrogens is 226 g/mol.